The summed E-state index contributed by atoms with van der Waals surface area (Å²) >= 11 is 0. The Hall–Kier alpha value is -3.86. The van der Waals surface area contributed by atoms with Gasteiger partial charge in [-0.25, -0.2) is 4.79 Å². The van der Waals surface area contributed by atoms with Crippen molar-refractivity contribution in [3.63, 3.8) is 0 Å². The molecule has 206 valence electrons. The number of hydrogen-bond acceptors (Lipinski definition) is 3. The number of aromatic carboxylic acids is 1. The second-order valence-corrected chi connectivity index (χ2v) is 10.0. The van der Waals surface area contributed by atoms with Crippen molar-refractivity contribution in [1.29, 1.82) is 0 Å². The molecule has 0 aliphatic rings. The summed E-state index contributed by atoms with van der Waals surface area (Å²) in [4.78, 5) is 22.1. The van der Waals surface area contributed by atoms with Crippen molar-refractivity contribution < 1.29 is 24.5 Å². The summed E-state index contributed by atoms with van der Waals surface area (Å²) in [5.74, 6) is -0.635. The quantitative estimate of drug-likeness (QED) is 0.163. The third kappa shape index (κ3) is 11.6. The molecule has 1 unspecified atom stereocenters. The summed E-state index contributed by atoms with van der Waals surface area (Å²) in [6.07, 6.45) is 13.2. The van der Waals surface area contributed by atoms with Crippen LogP contribution in [0.25, 0.3) is 6.08 Å². The van der Waals surface area contributed by atoms with Gasteiger partial charge >= 0.3 is 11.9 Å². The number of rotatable bonds is 18. The van der Waals surface area contributed by atoms with Crippen molar-refractivity contribution in [2.75, 3.05) is 6.61 Å². The number of unbranched alkanes of at least 4 members (excludes halogenated alkanes) is 4. The molecular weight excluding hydrogens is 488 g/mol. The molecule has 0 aliphatic carbocycles. The molecule has 0 aliphatic heterocycles. The average Bonchev–Trinajstić information content (AvgIpc) is 2.94. The first-order valence-electron chi connectivity index (χ1n) is 14.0. The standard InChI is InChI=1S/C34H40O5/c35-33(36)18-10-7-15-28(26-29-20-23-31(24-21-29)34(37)38)19-22-30-16-8-9-17-32(30)39-25-11-2-1-4-12-27-13-5-3-6-14-27/h3,5-6,8-9,13-14,16-17,19-24,28H,1-2,4,7,10-12,15,18,25-26H2,(H,35,36)(H,37,38)/b22-19+. The van der Waals surface area contributed by atoms with Crippen LogP contribution >= 0.6 is 0 Å². The number of allylic oxidation sites excluding steroid dienone is 1. The molecule has 0 amide bonds. The summed E-state index contributed by atoms with van der Waals surface area (Å²) < 4.78 is 6.14. The maximum Gasteiger partial charge on any atom is 0.335 e. The molecule has 5 heteroatoms. The Morgan fingerprint density at radius 2 is 1.46 bits per heavy atom. The van der Waals surface area contributed by atoms with Crippen LogP contribution in [-0.2, 0) is 17.6 Å². The molecule has 5 nitrogen and oxygen atoms in total. The van der Waals surface area contributed by atoms with E-state index in [0.717, 1.165) is 55.4 Å². The minimum atomic E-state index is -0.935. The van der Waals surface area contributed by atoms with Crippen LogP contribution in [0.4, 0.5) is 0 Å². The number of ether oxygens (including phenoxy) is 1. The van der Waals surface area contributed by atoms with Gasteiger partial charge in [-0.05, 0) is 73.8 Å². The molecule has 0 spiro atoms. The molecule has 3 aromatic rings. The Morgan fingerprint density at radius 1 is 0.744 bits per heavy atom. The Bertz CT molecular complexity index is 1170. The van der Waals surface area contributed by atoms with Crippen molar-refractivity contribution in [2.45, 2.75) is 64.2 Å². The monoisotopic (exact) mass is 528 g/mol. The highest BCUT2D eigenvalue weighted by Gasteiger charge is 2.10. The van der Waals surface area contributed by atoms with Gasteiger partial charge in [0.05, 0.1) is 12.2 Å². The molecular formula is C34H40O5. The van der Waals surface area contributed by atoms with Gasteiger partial charge < -0.3 is 14.9 Å². The van der Waals surface area contributed by atoms with Crippen LogP contribution in [-0.4, -0.2) is 28.8 Å². The normalized spacial score (nSPS) is 11.9. The van der Waals surface area contributed by atoms with Gasteiger partial charge in [-0.3, -0.25) is 4.79 Å². The zero-order valence-corrected chi connectivity index (χ0v) is 22.6. The number of benzene rings is 3. The first kappa shape index (κ1) is 29.7. The van der Waals surface area contributed by atoms with Gasteiger partial charge in [0, 0.05) is 12.0 Å². The van der Waals surface area contributed by atoms with Gasteiger partial charge in [0.25, 0.3) is 0 Å². The number of carboxylic acids is 2. The zero-order valence-electron chi connectivity index (χ0n) is 22.6. The van der Waals surface area contributed by atoms with E-state index >= 15 is 0 Å². The fourth-order valence-corrected chi connectivity index (χ4v) is 4.64. The van der Waals surface area contributed by atoms with Crippen molar-refractivity contribution in [2.24, 2.45) is 5.92 Å². The molecule has 0 fully saturated rings. The van der Waals surface area contributed by atoms with E-state index in [1.165, 1.54) is 18.4 Å². The van der Waals surface area contributed by atoms with E-state index < -0.39 is 11.9 Å². The smallest absolute Gasteiger partial charge is 0.335 e. The van der Waals surface area contributed by atoms with Gasteiger partial charge in [-0.15, -0.1) is 0 Å². The molecule has 3 aromatic carbocycles. The summed E-state index contributed by atoms with van der Waals surface area (Å²) in [6.45, 7) is 0.685. The van der Waals surface area contributed by atoms with E-state index in [-0.39, 0.29) is 17.9 Å². The third-order valence-corrected chi connectivity index (χ3v) is 6.84. The topological polar surface area (TPSA) is 83.8 Å². The highest BCUT2D eigenvalue weighted by molar-refractivity contribution is 5.87. The summed E-state index contributed by atoms with van der Waals surface area (Å²) in [7, 11) is 0. The van der Waals surface area contributed by atoms with Gasteiger partial charge in [0.2, 0.25) is 0 Å². The predicted octanol–water partition coefficient (Wildman–Crippen LogP) is 8.08. The van der Waals surface area contributed by atoms with Gasteiger partial charge in [-0.1, -0.05) is 92.1 Å². The maximum absolute atomic E-state index is 11.2. The van der Waals surface area contributed by atoms with Crippen LogP contribution < -0.4 is 4.74 Å². The predicted molar refractivity (Wildman–Crippen MR) is 156 cm³/mol. The minimum absolute atomic E-state index is 0.173. The highest BCUT2D eigenvalue weighted by atomic mass is 16.5. The zero-order chi connectivity index (χ0) is 27.7. The van der Waals surface area contributed by atoms with E-state index in [9.17, 15) is 9.59 Å². The second-order valence-electron chi connectivity index (χ2n) is 10.0. The number of aryl methyl sites for hydroxylation is 1. The number of carboxylic acid groups (broad SMARTS) is 2. The third-order valence-electron chi connectivity index (χ3n) is 6.84. The fourth-order valence-electron chi connectivity index (χ4n) is 4.64. The average molecular weight is 529 g/mol. The Morgan fingerprint density at radius 3 is 2.21 bits per heavy atom. The summed E-state index contributed by atoms with van der Waals surface area (Å²) in [5.41, 5.74) is 3.75. The fraction of sp³-hybridized carbons (Fsp3) is 0.353. The first-order chi connectivity index (χ1) is 19.0. The van der Waals surface area contributed by atoms with Gasteiger partial charge in [-0.2, -0.15) is 0 Å². The molecule has 0 heterocycles. The van der Waals surface area contributed by atoms with Gasteiger partial charge in [0.1, 0.15) is 5.75 Å². The van der Waals surface area contributed by atoms with Crippen molar-refractivity contribution in [3.8, 4) is 5.75 Å². The first-order valence-corrected chi connectivity index (χ1v) is 14.0. The lowest BCUT2D eigenvalue weighted by Gasteiger charge is -2.14. The number of para-hydroxylation sites is 1. The highest BCUT2D eigenvalue weighted by Crippen LogP contribution is 2.24. The largest absolute Gasteiger partial charge is 0.493 e. The number of aliphatic carboxylic acids is 1. The molecule has 0 saturated carbocycles. The lowest BCUT2D eigenvalue weighted by molar-refractivity contribution is -0.137. The van der Waals surface area contributed by atoms with E-state index in [1.54, 1.807) is 12.1 Å². The Labute approximate surface area is 232 Å². The van der Waals surface area contributed by atoms with Crippen LogP contribution in [0.1, 0.15) is 78.4 Å². The van der Waals surface area contributed by atoms with E-state index in [4.69, 9.17) is 14.9 Å². The van der Waals surface area contributed by atoms with E-state index in [2.05, 4.69) is 48.6 Å². The van der Waals surface area contributed by atoms with Crippen LogP contribution in [0.15, 0.2) is 84.9 Å². The van der Waals surface area contributed by atoms with Crippen molar-refractivity contribution in [3.05, 3.63) is 107 Å². The van der Waals surface area contributed by atoms with Crippen LogP contribution in [0.3, 0.4) is 0 Å². The molecule has 1 atom stereocenters. The molecule has 0 aromatic heterocycles. The number of hydrogen-bond donors (Lipinski definition) is 2. The molecule has 0 bridgehead atoms. The second kappa shape index (κ2) is 16.9. The lowest BCUT2D eigenvalue weighted by atomic mass is 9.92. The Balaban J connectivity index is 1.52. The maximum atomic E-state index is 11.2. The van der Waals surface area contributed by atoms with Crippen LogP contribution in [0.5, 0.6) is 5.75 Å². The number of carbonyl (C=O) groups is 2. The summed E-state index contributed by atoms with van der Waals surface area (Å²) in [6, 6.07) is 25.6. The summed E-state index contributed by atoms with van der Waals surface area (Å²) in [5, 5.41) is 18.1. The molecule has 0 saturated heterocycles. The van der Waals surface area contributed by atoms with Crippen LogP contribution in [0.2, 0.25) is 0 Å². The molecule has 2 N–H and O–H groups in total. The van der Waals surface area contributed by atoms with Crippen molar-refractivity contribution >= 4 is 18.0 Å². The van der Waals surface area contributed by atoms with Gasteiger partial charge in [0.15, 0.2) is 0 Å². The minimum Gasteiger partial charge on any atom is -0.493 e. The van der Waals surface area contributed by atoms with Crippen molar-refractivity contribution in [1.82, 2.24) is 0 Å². The van der Waals surface area contributed by atoms with Crippen LogP contribution in [0, 0.1) is 5.92 Å². The molecule has 3 rings (SSSR count). The molecule has 0 radical (unpaired) electrons. The van der Waals surface area contributed by atoms with E-state index in [1.807, 2.05) is 30.3 Å². The van der Waals surface area contributed by atoms with E-state index in [0.29, 0.717) is 13.0 Å². The SMILES string of the molecule is O=C(O)CCCCC(/C=C/c1ccccc1OCCCCCCc1ccccc1)Cc1ccc(C(=O)O)cc1. The Kier molecular flexibility index (Phi) is 12.8. The lowest BCUT2D eigenvalue weighted by Crippen LogP contribution is -2.04. The molecule has 39 heavy (non-hydrogen) atoms.